The zero-order valence-electron chi connectivity index (χ0n) is 23.2. The molecule has 2 aromatic heterocycles. The number of nitrogen functional groups attached to an aromatic ring is 1. The predicted molar refractivity (Wildman–Crippen MR) is 169 cm³/mol. The summed E-state index contributed by atoms with van der Waals surface area (Å²) in [5, 5.41) is 2.86. The smallest absolute Gasteiger partial charge is 0.265 e. The van der Waals surface area contributed by atoms with E-state index < -0.39 is 20.0 Å². The first-order valence-electron chi connectivity index (χ1n) is 13.1. The van der Waals surface area contributed by atoms with Crippen molar-refractivity contribution in [2.75, 3.05) is 32.5 Å². The van der Waals surface area contributed by atoms with E-state index >= 15 is 0 Å². The van der Waals surface area contributed by atoms with Gasteiger partial charge in [-0.25, -0.2) is 16.8 Å². The van der Waals surface area contributed by atoms with Crippen LogP contribution < -0.4 is 20.5 Å². The molecule has 2 heterocycles. The fourth-order valence-corrected chi connectivity index (χ4v) is 8.27. The Labute approximate surface area is 249 Å². The number of nitrogens with two attached hydrogens (primary N) is 1. The standard InChI is InChI=1S/C29H31N5O5S3/c1-17-8-20(30)13-22(10-17)34-42(38,39)16-19-12-24(19)28-25(26-6-4-5-7-31-26)15-27(40-28)29(35)32-21-9-18(2)11-23(14-21)33-41(3,36)37/h4-11,13-15,19,24,33-34H,12,16,30H2,1-3H3,(H,32,35). The summed E-state index contributed by atoms with van der Waals surface area (Å²) in [6, 6.07) is 17.4. The second-order valence-corrected chi connectivity index (χ2v) is 15.2. The Morgan fingerprint density at radius 3 is 2.31 bits per heavy atom. The Balaban J connectivity index is 1.37. The van der Waals surface area contributed by atoms with Gasteiger partial charge in [-0.05, 0) is 97.8 Å². The quantitative estimate of drug-likeness (QED) is 0.177. The van der Waals surface area contributed by atoms with E-state index in [0.29, 0.717) is 39.7 Å². The number of benzene rings is 2. The van der Waals surface area contributed by atoms with Gasteiger partial charge in [-0.15, -0.1) is 11.3 Å². The molecule has 0 bridgehead atoms. The third kappa shape index (κ3) is 7.46. The number of pyridine rings is 1. The maximum Gasteiger partial charge on any atom is 0.265 e. The summed E-state index contributed by atoms with van der Waals surface area (Å²) >= 11 is 1.31. The highest BCUT2D eigenvalue weighted by atomic mass is 32.2. The topological polar surface area (TPSA) is 160 Å². The summed E-state index contributed by atoms with van der Waals surface area (Å²) in [5.41, 5.74) is 10.7. The SMILES string of the molecule is Cc1cc(NC(=O)c2cc(-c3ccccn3)c(C3CC3CS(=O)(=O)Nc3cc(C)cc(N)c3)s2)cc(NS(C)(=O)=O)c1. The Morgan fingerprint density at radius 2 is 1.64 bits per heavy atom. The van der Waals surface area contributed by atoms with Crippen LogP contribution in [0.4, 0.5) is 22.7 Å². The number of carbonyl (C=O) groups excluding carboxylic acids is 1. The second kappa shape index (κ2) is 11.4. The number of hydrogen-bond acceptors (Lipinski definition) is 8. The molecule has 2 unspecified atom stereocenters. The molecular weight excluding hydrogens is 595 g/mol. The molecule has 5 N–H and O–H groups in total. The summed E-state index contributed by atoms with van der Waals surface area (Å²) in [6.07, 6.45) is 3.40. The van der Waals surface area contributed by atoms with Crippen LogP contribution in [0.1, 0.15) is 38.0 Å². The fourth-order valence-electron chi connectivity index (χ4n) is 4.96. The third-order valence-electron chi connectivity index (χ3n) is 6.63. The molecule has 1 aliphatic rings. The first kappa shape index (κ1) is 29.5. The minimum Gasteiger partial charge on any atom is -0.399 e. The van der Waals surface area contributed by atoms with Gasteiger partial charge in [0.2, 0.25) is 20.0 Å². The molecule has 0 spiro atoms. The third-order valence-corrected chi connectivity index (χ3v) is 9.92. The molecule has 0 aliphatic heterocycles. The van der Waals surface area contributed by atoms with E-state index in [0.717, 1.165) is 27.8 Å². The van der Waals surface area contributed by atoms with Crippen molar-refractivity contribution in [2.45, 2.75) is 26.2 Å². The van der Waals surface area contributed by atoms with Gasteiger partial charge in [0, 0.05) is 28.0 Å². The van der Waals surface area contributed by atoms with Crippen LogP contribution in [0.2, 0.25) is 0 Å². The Hall–Kier alpha value is -3.94. The van der Waals surface area contributed by atoms with Crippen molar-refractivity contribution in [3.8, 4) is 11.3 Å². The van der Waals surface area contributed by atoms with Crippen molar-refractivity contribution < 1.29 is 21.6 Å². The van der Waals surface area contributed by atoms with Gasteiger partial charge < -0.3 is 11.1 Å². The molecule has 10 nitrogen and oxygen atoms in total. The molecule has 2 aromatic carbocycles. The molecule has 13 heteroatoms. The summed E-state index contributed by atoms with van der Waals surface area (Å²) in [7, 11) is -7.13. The molecule has 1 amide bonds. The zero-order chi connectivity index (χ0) is 30.2. The number of aromatic nitrogens is 1. The molecule has 1 saturated carbocycles. The number of hydrogen-bond donors (Lipinski definition) is 4. The van der Waals surface area contributed by atoms with Gasteiger partial charge in [-0.3, -0.25) is 19.2 Å². The van der Waals surface area contributed by atoms with Gasteiger partial charge in [-0.2, -0.15) is 0 Å². The van der Waals surface area contributed by atoms with Crippen LogP contribution in [0.15, 0.2) is 66.9 Å². The summed E-state index contributed by atoms with van der Waals surface area (Å²) in [4.78, 5) is 19.2. The number of rotatable bonds is 10. The fraction of sp³-hybridized carbons (Fsp3) is 0.241. The predicted octanol–water partition coefficient (Wildman–Crippen LogP) is 5.18. The minimum atomic E-state index is -3.64. The van der Waals surface area contributed by atoms with Crippen molar-refractivity contribution in [3.63, 3.8) is 0 Å². The van der Waals surface area contributed by atoms with Crippen molar-refractivity contribution >= 4 is 60.0 Å². The Morgan fingerprint density at radius 1 is 0.952 bits per heavy atom. The lowest BCUT2D eigenvalue weighted by atomic mass is 10.1. The number of carbonyl (C=O) groups is 1. The van der Waals surface area contributed by atoms with Crippen LogP contribution in [0.25, 0.3) is 11.3 Å². The molecule has 220 valence electrons. The van der Waals surface area contributed by atoms with Gasteiger partial charge in [-0.1, -0.05) is 6.07 Å². The maximum atomic E-state index is 13.4. The first-order valence-corrected chi connectivity index (χ1v) is 17.4. The van der Waals surface area contributed by atoms with Crippen LogP contribution >= 0.6 is 11.3 Å². The van der Waals surface area contributed by atoms with E-state index in [2.05, 4.69) is 19.7 Å². The van der Waals surface area contributed by atoms with Crippen LogP contribution in [-0.2, 0) is 20.0 Å². The second-order valence-electron chi connectivity index (χ2n) is 10.6. The van der Waals surface area contributed by atoms with Gasteiger partial charge in [0.15, 0.2) is 0 Å². The van der Waals surface area contributed by atoms with Gasteiger partial charge in [0.05, 0.1) is 34.0 Å². The number of aryl methyl sites for hydroxylation is 2. The highest BCUT2D eigenvalue weighted by molar-refractivity contribution is 7.92. The number of sulfonamides is 2. The van der Waals surface area contributed by atoms with E-state index in [4.69, 9.17) is 5.73 Å². The number of nitrogens with zero attached hydrogens (tertiary/aromatic N) is 1. The van der Waals surface area contributed by atoms with Crippen molar-refractivity contribution in [2.24, 2.45) is 5.92 Å². The molecule has 5 rings (SSSR count). The van der Waals surface area contributed by atoms with Crippen LogP contribution in [0.5, 0.6) is 0 Å². The van der Waals surface area contributed by atoms with E-state index in [9.17, 15) is 21.6 Å². The average Bonchev–Trinajstić information content (AvgIpc) is 3.45. The van der Waals surface area contributed by atoms with Crippen molar-refractivity contribution in [1.82, 2.24) is 4.98 Å². The number of nitrogens with one attached hydrogen (secondary N) is 3. The summed E-state index contributed by atoms with van der Waals surface area (Å²) in [5.74, 6) is -0.588. The highest BCUT2D eigenvalue weighted by Crippen LogP contribution is 2.53. The molecule has 0 radical (unpaired) electrons. The molecule has 4 aromatic rings. The Kier molecular flexibility index (Phi) is 8.01. The summed E-state index contributed by atoms with van der Waals surface area (Å²) in [6.45, 7) is 3.65. The largest absolute Gasteiger partial charge is 0.399 e. The molecule has 1 fully saturated rings. The van der Waals surface area contributed by atoms with Crippen molar-refractivity contribution in [3.05, 3.63) is 87.7 Å². The average molecular weight is 626 g/mol. The monoisotopic (exact) mass is 625 g/mol. The molecular formula is C29H31N5O5S3. The van der Waals surface area contributed by atoms with Gasteiger partial charge in [0.1, 0.15) is 0 Å². The van der Waals surface area contributed by atoms with Gasteiger partial charge >= 0.3 is 0 Å². The van der Waals surface area contributed by atoms with Crippen molar-refractivity contribution in [1.29, 1.82) is 0 Å². The molecule has 2 atom stereocenters. The van der Waals surface area contributed by atoms with E-state index in [1.165, 1.54) is 11.3 Å². The minimum absolute atomic E-state index is 0.0442. The number of thiophene rings is 1. The number of anilines is 4. The van der Waals surface area contributed by atoms with E-state index in [-0.39, 0.29) is 23.5 Å². The maximum absolute atomic E-state index is 13.4. The molecule has 1 aliphatic carbocycles. The van der Waals surface area contributed by atoms with Gasteiger partial charge in [0.25, 0.3) is 5.91 Å². The van der Waals surface area contributed by atoms with E-state index in [1.54, 1.807) is 61.7 Å². The van der Waals surface area contributed by atoms with E-state index in [1.807, 2.05) is 19.1 Å². The zero-order valence-corrected chi connectivity index (χ0v) is 25.7. The molecule has 42 heavy (non-hydrogen) atoms. The first-order chi connectivity index (χ1) is 19.7. The normalized spacial score (nSPS) is 16.5. The molecule has 0 saturated heterocycles. The van der Waals surface area contributed by atoms with Crippen LogP contribution in [0, 0.1) is 19.8 Å². The summed E-state index contributed by atoms with van der Waals surface area (Å²) < 4.78 is 54.5. The lowest BCUT2D eigenvalue weighted by Crippen LogP contribution is -2.18. The van der Waals surface area contributed by atoms with Crippen LogP contribution in [-0.4, -0.2) is 39.7 Å². The van der Waals surface area contributed by atoms with Crippen LogP contribution in [0.3, 0.4) is 0 Å². The Bertz CT molecular complexity index is 1850. The number of amides is 1. The lowest BCUT2D eigenvalue weighted by Gasteiger charge is -2.10. The highest BCUT2D eigenvalue weighted by Gasteiger charge is 2.44. The lowest BCUT2D eigenvalue weighted by molar-refractivity contribution is 0.103.